The van der Waals surface area contributed by atoms with Gasteiger partial charge in [-0.2, -0.15) is 0 Å². The molecule has 10 nitrogen and oxygen atoms in total. The molecule has 0 aliphatic heterocycles. The number of aliphatic hydroxyl groups is 2. The van der Waals surface area contributed by atoms with E-state index in [9.17, 15) is 29.3 Å². The lowest BCUT2D eigenvalue weighted by Gasteiger charge is -2.20. The minimum absolute atomic E-state index is 0.181. The van der Waals surface area contributed by atoms with Gasteiger partial charge in [-0.05, 0) is 12.8 Å². The van der Waals surface area contributed by atoms with Crippen molar-refractivity contribution in [1.29, 1.82) is 0 Å². The van der Waals surface area contributed by atoms with Gasteiger partial charge in [0.25, 0.3) is 0 Å². The molecular weight excluding hydrogens is 515 g/mol. The van der Waals surface area contributed by atoms with E-state index in [0.717, 1.165) is 32.1 Å². The topological polar surface area (TPSA) is 149 Å². The number of hydrogen-bond acceptors (Lipinski definition) is 9. The molecule has 0 bridgehead atoms. The number of aliphatic hydroxyl groups excluding tert-OH is 2. The lowest BCUT2D eigenvalue weighted by molar-refractivity contribution is -0.153. The summed E-state index contributed by atoms with van der Waals surface area (Å²) in [6.07, 6.45) is 14.8. The molecule has 0 spiro atoms. The minimum atomic E-state index is -4.59. The van der Waals surface area contributed by atoms with Gasteiger partial charge in [-0.1, -0.05) is 97.3 Å². The summed E-state index contributed by atoms with van der Waals surface area (Å²) in [7, 11) is -4.59. The van der Waals surface area contributed by atoms with Crippen LogP contribution < -0.4 is 0 Å². The third-order valence-electron chi connectivity index (χ3n) is 6.07. The van der Waals surface area contributed by atoms with Crippen molar-refractivity contribution >= 4 is 19.8 Å². The molecular formula is C27H53O10P. The maximum atomic E-state index is 12.1. The molecule has 0 fully saturated rings. The van der Waals surface area contributed by atoms with Crippen LogP contribution >= 0.6 is 7.82 Å². The highest BCUT2D eigenvalue weighted by molar-refractivity contribution is 7.47. The number of rotatable bonds is 27. The van der Waals surface area contributed by atoms with Gasteiger partial charge in [0.1, 0.15) is 12.2 Å². The molecule has 226 valence electrons. The van der Waals surface area contributed by atoms with Gasteiger partial charge < -0.3 is 24.6 Å². The quantitative estimate of drug-likeness (QED) is 0.0649. The molecule has 3 N–H and O–H groups in total. The summed E-state index contributed by atoms with van der Waals surface area (Å²) in [6, 6.07) is 0. The zero-order valence-electron chi connectivity index (χ0n) is 23.7. The normalized spacial score (nSPS) is 14.6. The predicted molar refractivity (Wildman–Crippen MR) is 145 cm³/mol. The number of esters is 2. The van der Waals surface area contributed by atoms with Crippen LogP contribution in [0, 0.1) is 0 Å². The molecule has 38 heavy (non-hydrogen) atoms. The second kappa shape index (κ2) is 25.0. The van der Waals surface area contributed by atoms with Gasteiger partial charge in [0, 0.05) is 12.8 Å². The Labute approximate surface area is 229 Å². The van der Waals surface area contributed by atoms with Gasteiger partial charge >= 0.3 is 19.8 Å². The number of carbonyl (C=O) groups excluding carboxylic acids is 2. The highest BCUT2D eigenvalue weighted by Gasteiger charge is 2.27. The second-order valence-corrected chi connectivity index (χ2v) is 11.2. The fourth-order valence-electron chi connectivity index (χ4n) is 3.76. The third kappa shape index (κ3) is 22.9. The molecule has 0 aromatic heterocycles. The maximum Gasteiger partial charge on any atom is 0.472 e. The van der Waals surface area contributed by atoms with Gasteiger partial charge in [-0.3, -0.25) is 18.6 Å². The Morgan fingerprint density at radius 2 is 0.921 bits per heavy atom. The van der Waals surface area contributed by atoms with Crippen molar-refractivity contribution in [2.45, 2.75) is 135 Å². The van der Waals surface area contributed by atoms with Crippen molar-refractivity contribution < 1.29 is 47.8 Å². The van der Waals surface area contributed by atoms with Crippen LogP contribution in [0.25, 0.3) is 0 Å². The van der Waals surface area contributed by atoms with E-state index in [4.69, 9.17) is 18.5 Å². The van der Waals surface area contributed by atoms with E-state index < -0.39 is 58.4 Å². The van der Waals surface area contributed by atoms with Crippen LogP contribution in [0.4, 0.5) is 0 Å². The van der Waals surface area contributed by atoms with E-state index in [-0.39, 0.29) is 12.8 Å². The Morgan fingerprint density at radius 1 is 0.605 bits per heavy atom. The highest BCUT2D eigenvalue weighted by Crippen LogP contribution is 2.43. The number of unbranched alkanes of at least 4 members (excludes halogenated alkanes) is 13. The van der Waals surface area contributed by atoms with Crippen LogP contribution in [0.3, 0.4) is 0 Å². The van der Waals surface area contributed by atoms with Gasteiger partial charge in [-0.15, -0.1) is 0 Å². The SMILES string of the molecule is CCCCCCCCCCCCCCC(=O)OC(CO)COP(=O)(O)OCC(CO)OC(=O)CCCCC. The molecule has 11 heteroatoms. The Balaban J connectivity index is 4.02. The van der Waals surface area contributed by atoms with Crippen molar-refractivity contribution in [3.05, 3.63) is 0 Å². The maximum absolute atomic E-state index is 12.1. The molecule has 3 atom stereocenters. The summed E-state index contributed by atoms with van der Waals surface area (Å²) in [5.74, 6) is -1.04. The lowest BCUT2D eigenvalue weighted by Crippen LogP contribution is -2.28. The average molecular weight is 569 g/mol. The Bertz CT molecular complexity index is 631. The molecule has 0 radical (unpaired) electrons. The summed E-state index contributed by atoms with van der Waals surface area (Å²) in [6.45, 7) is 1.95. The fraction of sp³-hybridized carbons (Fsp3) is 0.926. The predicted octanol–water partition coefficient (Wildman–Crippen LogP) is 5.60. The average Bonchev–Trinajstić information content (AvgIpc) is 2.89. The largest absolute Gasteiger partial charge is 0.472 e. The summed E-state index contributed by atoms with van der Waals surface area (Å²) < 4.78 is 31.9. The third-order valence-corrected chi connectivity index (χ3v) is 7.02. The van der Waals surface area contributed by atoms with Gasteiger partial charge in [0.15, 0.2) is 0 Å². The molecule has 0 aromatic rings. The number of carbonyl (C=O) groups is 2. The number of phosphoric acid groups is 1. The summed E-state index contributed by atoms with van der Waals surface area (Å²) >= 11 is 0. The van der Waals surface area contributed by atoms with Crippen LogP contribution in [-0.4, -0.2) is 65.7 Å². The van der Waals surface area contributed by atoms with Gasteiger partial charge in [-0.25, -0.2) is 4.57 Å². The van der Waals surface area contributed by atoms with Gasteiger partial charge in [0.2, 0.25) is 0 Å². The van der Waals surface area contributed by atoms with E-state index in [1.54, 1.807) is 0 Å². The molecule has 0 saturated carbocycles. The first-order valence-electron chi connectivity index (χ1n) is 14.5. The van der Waals surface area contributed by atoms with Crippen LogP contribution in [-0.2, 0) is 32.7 Å². The summed E-state index contributed by atoms with van der Waals surface area (Å²) in [5, 5.41) is 18.8. The Hall–Kier alpha value is -1.03. The smallest absolute Gasteiger partial charge is 0.457 e. The molecule has 0 aliphatic rings. The Morgan fingerprint density at radius 3 is 1.29 bits per heavy atom. The van der Waals surface area contributed by atoms with E-state index in [1.165, 1.54) is 51.4 Å². The second-order valence-electron chi connectivity index (χ2n) is 9.75. The first-order chi connectivity index (χ1) is 18.3. The van der Waals surface area contributed by atoms with Crippen molar-refractivity contribution in [3.63, 3.8) is 0 Å². The molecule has 0 aromatic carbocycles. The van der Waals surface area contributed by atoms with E-state index in [1.807, 2.05) is 6.92 Å². The fourth-order valence-corrected chi connectivity index (χ4v) is 4.54. The minimum Gasteiger partial charge on any atom is -0.457 e. The molecule has 3 unspecified atom stereocenters. The number of hydrogen-bond donors (Lipinski definition) is 3. The zero-order chi connectivity index (χ0) is 28.5. The van der Waals surface area contributed by atoms with E-state index in [0.29, 0.717) is 12.8 Å². The van der Waals surface area contributed by atoms with Crippen molar-refractivity contribution in [2.75, 3.05) is 26.4 Å². The molecule has 0 heterocycles. The first kappa shape index (κ1) is 37.0. The number of ether oxygens (including phenoxy) is 2. The molecule has 0 aliphatic carbocycles. The molecule has 0 amide bonds. The van der Waals surface area contributed by atoms with Crippen molar-refractivity contribution in [2.24, 2.45) is 0 Å². The van der Waals surface area contributed by atoms with E-state index >= 15 is 0 Å². The molecule has 0 saturated heterocycles. The molecule has 0 rings (SSSR count). The van der Waals surface area contributed by atoms with Crippen molar-refractivity contribution in [3.8, 4) is 0 Å². The van der Waals surface area contributed by atoms with Crippen LogP contribution in [0.5, 0.6) is 0 Å². The lowest BCUT2D eigenvalue weighted by atomic mass is 10.0. The van der Waals surface area contributed by atoms with Crippen molar-refractivity contribution in [1.82, 2.24) is 0 Å². The standard InChI is InChI=1S/C27H53O10P/c1-3-5-7-8-9-10-11-12-13-14-15-17-19-27(31)37-25(21-29)23-35-38(32,33)34-22-24(20-28)36-26(30)18-16-6-4-2/h24-25,28-29H,3-23H2,1-2H3,(H,32,33). The Kier molecular flexibility index (Phi) is 24.3. The monoisotopic (exact) mass is 568 g/mol. The van der Waals surface area contributed by atoms with E-state index in [2.05, 4.69) is 6.92 Å². The zero-order valence-corrected chi connectivity index (χ0v) is 24.5. The number of phosphoric ester groups is 1. The summed E-state index contributed by atoms with van der Waals surface area (Å²) in [4.78, 5) is 33.6. The van der Waals surface area contributed by atoms with Crippen LogP contribution in [0.2, 0.25) is 0 Å². The summed E-state index contributed by atoms with van der Waals surface area (Å²) in [5.41, 5.74) is 0. The van der Waals surface area contributed by atoms with Crippen LogP contribution in [0.15, 0.2) is 0 Å². The highest BCUT2D eigenvalue weighted by atomic mass is 31.2. The van der Waals surface area contributed by atoms with Crippen LogP contribution in [0.1, 0.15) is 123 Å². The first-order valence-corrected chi connectivity index (χ1v) is 16.0. The van der Waals surface area contributed by atoms with Gasteiger partial charge in [0.05, 0.1) is 26.4 Å².